The number of hydrogen-bond acceptors (Lipinski definition) is 1. The van der Waals surface area contributed by atoms with Gasteiger partial charge in [0.05, 0.1) is 0 Å². The number of amides is 1. The highest BCUT2D eigenvalue weighted by atomic mass is 16.2. The highest BCUT2D eigenvalue weighted by molar-refractivity contribution is 6.14. The number of piperidine rings is 1. The third-order valence-corrected chi connectivity index (χ3v) is 1.93. The van der Waals surface area contributed by atoms with Crippen LogP contribution in [-0.2, 0) is 4.79 Å². The lowest BCUT2D eigenvalue weighted by Gasteiger charge is -2.27. The molecule has 0 radical (unpaired) electrons. The van der Waals surface area contributed by atoms with Crippen LogP contribution >= 0.6 is 0 Å². The van der Waals surface area contributed by atoms with Crippen LogP contribution in [0.3, 0.4) is 0 Å². The van der Waals surface area contributed by atoms with Crippen molar-refractivity contribution in [2.24, 2.45) is 5.92 Å². The van der Waals surface area contributed by atoms with E-state index in [-0.39, 0.29) is 5.92 Å². The topological polar surface area (TPSA) is 20.3 Å². The Balaban J connectivity index is 2.52. The van der Waals surface area contributed by atoms with Crippen LogP contribution < -0.4 is 0 Å². The van der Waals surface area contributed by atoms with Crippen LogP contribution in [0.15, 0.2) is 0 Å². The molecule has 0 bridgehead atoms. The molecule has 0 spiro atoms. The molecular weight excluding hydrogens is 113 g/mol. The monoisotopic (exact) mass is 125 g/mol. The highest BCUT2D eigenvalue weighted by Gasteiger charge is 2.20. The Morgan fingerprint density at radius 2 is 2.44 bits per heavy atom. The van der Waals surface area contributed by atoms with E-state index in [4.69, 9.17) is 0 Å². The molecule has 9 heavy (non-hydrogen) atoms. The van der Waals surface area contributed by atoms with Gasteiger partial charge in [-0.2, -0.15) is 0 Å². The van der Waals surface area contributed by atoms with E-state index in [9.17, 15) is 4.79 Å². The first-order valence-corrected chi connectivity index (χ1v) is 3.47. The summed E-state index contributed by atoms with van der Waals surface area (Å²) in [6.45, 7) is 2.95. The molecule has 1 rings (SSSR count). The Bertz CT molecular complexity index is 114. The van der Waals surface area contributed by atoms with Gasteiger partial charge in [0.25, 0.3) is 0 Å². The third kappa shape index (κ3) is 1.26. The number of rotatable bonds is 0. The minimum atomic E-state index is 0.267. The molecule has 0 aromatic heterocycles. The molecule has 1 unspecified atom stereocenters. The molecule has 1 heterocycles. The smallest absolute Gasteiger partial charge is 0.221 e. The van der Waals surface area contributed by atoms with Crippen molar-refractivity contribution in [2.45, 2.75) is 19.8 Å². The quantitative estimate of drug-likeness (QED) is 0.410. The Morgan fingerprint density at radius 3 is 2.89 bits per heavy atom. The molecule has 1 amide bonds. The minimum Gasteiger partial charge on any atom is -0.393 e. The van der Waals surface area contributed by atoms with Crippen LogP contribution in [0.4, 0.5) is 0 Å². The molecule has 0 aliphatic carbocycles. The van der Waals surface area contributed by atoms with E-state index in [0.717, 1.165) is 13.0 Å². The van der Waals surface area contributed by atoms with E-state index in [0.29, 0.717) is 5.91 Å². The van der Waals surface area contributed by atoms with Crippen LogP contribution in [-0.4, -0.2) is 25.2 Å². The van der Waals surface area contributed by atoms with Crippen LogP contribution in [0, 0.1) is 5.92 Å². The molecule has 50 valence electrons. The van der Waals surface area contributed by atoms with E-state index in [2.05, 4.69) is 0 Å². The summed E-state index contributed by atoms with van der Waals surface area (Å²) < 4.78 is 0. The zero-order valence-electron chi connectivity index (χ0n) is 6.05. The molecule has 0 N–H and O–H groups in total. The van der Waals surface area contributed by atoms with Crippen LogP contribution in [0.2, 0.25) is 0 Å². The van der Waals surface area contributed by atoms with E-state index in [1.165, 1.54) is 6.42 Å². The van der Waals surface area contributed by atoms with Crippen molar-refractivity contribution in [3.63, 3.8) is 0 Å². The molecule has 1 fully saturated rings. The summed E-state index contributed by atoms with van der Waals surface area (Å²) >= 11 is 0. The first kappa shape index (κ1) is 6.65. The number of nitrogens with zero attached hydrogens (tertiary/aromatic N) is 1. The summed E-state index contributed by atoms with van der Waals surface area (Å²) in [4.78, 5) is 12.9. The normalized spacial score (nSPS) is 28.8. The molecular formula is C6H12BNO. The van der Waals surface area contributed by atoms with Gasteiger partial charge >= 0.3 is 0 Å². The maximum absolute atomic E-state index is 11.1. The summed E-state index contributed by atoms with van der Waals surface area (Å²) in [7, 11) is 1.87. The summed E-state index contributed by atoms with van der Waals surface area (Å²) in [5.74, 6) is 0.574. The Kier molecular flexibility index (Phi) is 1.79. The largest absolute Gasteiger partial charge is 0.393 e. The lowest BCUT2D eigenvalue weighted by molar-refractivity contribution is -0.132. The van der Waals surface area contributed by atoms with Gasteiger partial charge in [0.1, 0.15) is 0 Å². The third-order valence-electron chi connectivity index (χ3n) is 1.93. The fourth-order valence-corrected chi connectivity index (χ4v) is 1.24. The van der Waals surface area contributed by atoms with Gasteiger partial charge in [-0.25, -0.2) is 0 Å². The Labute approximate surface area is 56.7 Å². The molecule has 1 atom stereocenters. The number of hydrogen-bond donors (Lipinski definition) is 0. The SMILES string of the molecule is BN1CCCC(C)C1=O. The predicted octanol–water partition coefficient (Wildman–Crippen LogP) is -0.207. The van der Waals surface area contributed by atoms with Crippen molar-refractivity contribution < 1.29 is 4.79 Å². The van der Waals surface area contributed by atoms with Crippen molar-refractivity contribution >= 4 is 13.9 Å². The average Bonchev–Trinajstić information content (AvgIpc) is 1.83. The van der Waals surface area contributed by atoms with Crippen molar-refractivity contribution in [1.82, 2.24) is 4.81 Å². The van der Waals surface area contributed by atoms with E-state index in [1.54, 1.807) is 0 Å². The fourth-order valence-electron chi connectivity index (χ4n) is 1.24. The average molecular weight is 125 g/mol. The summed E-state index contributed by atoms with van der Waals surface area (Å²) in [6.07, 6.45) is 2.24. The minimum absolute atomic E-state index is 0.267. The summed E-state index contributed by atoms with van der Waals surface area (Å²) in [5, 5.41) is 0. The molecule has 0 saturated carbocycles. The molecule has 1 aliphatic heterocycles. The summed E-state index contributed by atoms with van der Waals surface area (Å²) in [5.41, 5.74) is 0. The van der Waals surface area contributed by atoms with E-state index < -0.39 is 0 Å². The second-order valence-corrected chi connectivity index (χ2v) is 2.80. The predicted molar refractivity (Wildman–Crippen MR) is 38.7 cm³/mol. The second-order valence-electron chi connectivity index (χ2n) is 2.80. The van der Waals surface area contributed by atoms with Gasteiger partial charge in [0.15, 0.2) is 0 Å². The molecule has 0 aromatic carbocycles. The maximum atomic E-state index is 11.1. The van der Waals surface area contributed by atoms with E-state index >= 15 is 0 Å². The molecule has 1 aliphatic rings. The van der Waals surface area contributed by atoms with Crippen LogP contribution in [0.5, 0.6) is 0 Å². The maximum Gasteiger partial charge on any atom is 0.221 e. The zero-order chi connectivity index (χ0) is 6.85. The van der Waals surface area contributed by atoms with Crippen molar-refractivity contribution in [3.8, 4) is 0 Å². The molecule has 0 aromatic rings. The standard InChI is InChI=1S/C6H12BNO/c1-5-3-2-4-8(7)6(5)9/h5H,2-4,7H2,1H3. The zero-order valence-corrected chi connectivity index (χ0v) is 6.05. The van der Waals surface area contributed by atoms with Gasteiger partial charge in [-0.3, -0.25) is 4.79 Å². The lowest BCUT2D eigenvalue weighted by Crippen LogP contribution is -2.37. The van der Waals surface area contributed by atoms with Crippen LogP contribution in [0.25, 0.3) is 0 Å². The van der Waals surface area contributed by atoms with Gasteiger partial charge in [-0.05, 0) is 12.8 Å². The molecule has 1 saturated heterocycles. The highest BCUT2D eigenvalue weighted by Crippen LogP contribution is 2.14. The Morgan fingerprint density at radius 1 is 1.78 bits per heavy atom. The molecule has 3 heteroatoms. The Hall–Kier alpha value is -0.465. The van der Waals surface area contributed by atoms with Crippen molar-refractivity contribution in [1.29, 1.82) is 0 Å². The van der Waals surface area contributed by atoms with Crippen molar-refractivity contribution in [3.05, 3.63) is 0 Å². The van der Waals surface area contributed by atoms with Gasteiger partial charge in [-0.1, -0.05) is 6.92 Å². The van der Waals surface area contributed by atoms with Gasteiger partial charge in [0.2, 0.25) is 13.9 Å². The number of carbonyl (C=O) groups is 1. The first-order chi connectivity index (χ1) is 4.22. The lowest BCUT2D eigenvalue weighted by atomic mass is 9.97. The van der Waals surface area contributed by atoms with E-state index in [1.807, 2.05) is 19.7 Å². The van der Waals surface area contributed by atoms with Gasteiger partial charge in [-0.15, -0.1) is 0 Å². The summed E-state index contributed by atoms with van der Waals surface area (Å²) in [6, 6.07) is 0. The first-order valence-electron chi connectivity index (χ1n) is 3.47. The number of carbonyl (C=O) groups excluding carboxylic acids is 1. The second kappa shape index (κ2) is 2.42. The fraction of sp³-hybridized carbons (Fsp3) is 0.833. The van der Waals surface area contributed by atoms with Gasteiger partial charge < -0.3 is 4.81 Å². The van der Waals surface area contributed by atoms with Crippen LogP contribution in [0.1, 0.15) is 19.8 Å². The molecule has 2 nitrogen and oxygen atoms in total. The van der Waals surface area contributed by atoms with Crippen molar-refractivity contribution in [2.75, 3.05) is 6.54 Å². The van der Waals surface area contributed by atoms with Gasteiger partial charge in [0, 0.05) is 12.5 Å².